The zero-order valence-corrected chi connectivity index (χ0v) is 9.19. The molecule has 0 radical (unpaired) electrons. The minimum atomic E-state index is -2.11. The van der Waals surface area contributed by atoms with E-state index in [1.54, 1.807) is 14.1 Å². The second-order valence-electron chi connectivity index (χ2n) is 0.622. The van der Waals surface area contributed by atoms with Crippen LogP contribution >= 0.6 is 28.3 Å². The van der Waals surface area contributed by atoms with E-state index in [0.717, 1.165) is 0 Å². The fraction of sp³-hybridized carbons (Fsp3) is 1.00. The van der Waals surface area contributed by atoms with Gasteiger partial charge in [0.15, 0.2) is 0 Å². The Balaban J connectivity index is 0. The van der Waals surface area contributed by atoms with Gasteiger partial charge in [-0.15, -0.1) is 0 Å². The molecule has 0 saturated heterocycles. The van der Waals surface area contributed by atoms with Gasteiger partial charge < -0.3 is 5.32 Å². The van der Waals surface area contributed by atoms with E-state index >= 15 is 0 Å². The number of hydrogen-bond donors (Lipinski definition) is 0. The van der Waals surface area contributed by atoms with Crippen molar-refractivity contribution in [2.75, 3.05) is 14.1 Å². The molecule has 0 amide bonds. The van der Waals surface area contributed by atoms with E-state index in [1.807, 2.05) is 0 Å². The molecule has 0 unspecified atom stereocenters. The zero-order chi connectivity index (χ0) is 6.28. The summed E-state index contributed by atoms with van der Waals surface area (Å²) in [6.45, 7) is 0. The van der Waals surface area contributed by atoms with Crippen molar-refractivity contribution in [2.24, 2.45) is 0 Å². The summed E-state index contributed by atoms with van der Waals surface area (Å²) in [5.41, 5.74) is 0. The Morgan fingerprint density at radius 1 is 1.14 bits per heavy atom. The molecule has 0 bridgehead atoms. The molecule has 0 spiro atoms. The molecule has 0 aromatic heterocycles. The Morgan fingerprint density at radius 2 is 1.14 bits per heavy atom. The van der Waals surface area contributed by atoms with E-state index in [2.05, 4.69) is 5.32 Å². The van der Waals surface area contributed by atoms with Crippen molar-refractivity contribution in [3.05, 3.63) is 5.32 Å². The van der Waals surface area contributed by atoms with Crippen LogP contribution in [0.15, 0.2) is 0 Å². The molecule has 0 saturated carbocycles. The van der Waals surface area contributed by atoms with E-state index < -0.39 is 14.2 Å². The first-order chi connectivity index (χ1) is 3.15. The van der Waals surface area contributed by atoms with Crippen molar-refractivity contribution in [3.63, 3.8) is 0 Å². The minimum absolute atomic E-state index is 1.75. The van der Waals surface area contributed by atoms with Crippen LogP contribution in [0.25, 0.3) is 5.32 Å². The van der Waals surface area contributed by atoms with E-state index in [4.69, 9.17) is 28.3 Å². The topological polar surface area (TPSA) is 14.1 Å². The molecular weight excluding hydrogens is 328 g/mol. The molecule has 7 heavy (non-hydrogen) atoms. The van der Waals surface area contributed by atoms with Crippen LogP contribution in [-0.4, -0.2) is 14.1 Å². The third-order valence-corrected chi connectivity index (χ3v) is 0. The van der Waals surface area contributed by atoms with Gasteiger partial charge in [0.05, 0.1) is 0 Å². The van der Waals surface area contributed by atoms with Crippen LogP contribution in [0.4, 0.5) is 0 Å². The molecule has 1 nitrogen and oxygen atoms in total. The summed E-state index contributed by atoms with van der Waals surface area (Å²) in [7, 11) is 18.5. The Hall–Kier alpha value is 1.52. The molecule has 0 heterocycles. The third-order valence-electron chi connectivity index (χ3n) is 0. The third kappa shape index (κ3) is 99.3. The van der Waals surface area contributed by atoms with Crippen molar-refractivity contribution >= 4 is 28.3 Å². The molecular formula is C2H6Cl3NW-. The Kier molecular flexibility index (Phi) is 17.0. The quantitative estimate of drug-likeness (QED) is 0.647. The number of rotatable bonds is 0. The molecule has 0 fully saturated rings. The SMILES string of the molecule is C[N-]C.[Cl][W]([Cl])[Cl]. The van der Waals surface area contributed by atoms with Gasteiger partial charge in [0.25, 0.3) is 0 Å². The first-order valence-electron chi connectivity index (χ1n) is 1.36. The molecule has 47 valence electrons. The fourth-order valence-electron chi connectivity index (χ4n) is 0. The van der Waals surface area contributed by atoms with E-state index in [9.17, 15) is 0 Å². The second kappa shape index (κ2) is 10.5. The summed E-state index contributed by atoms with van der Waals surface area (Å²) in [6.07, 6.45) is 0. The molecule has 0 aromatic rings. The van der Waals surface area contributed by atoms with Crippen molar-refractivity contribution < 1.29 is 14.2 Å². The number of nitrogens with zero attached hydrogens (tertiary/aromatic N) is 1. The molecule has 0 aliphatic rings. The number of halogens is 3. The predicted molar refractivity (Wildman–Crippen MR) is 32.8 cm³/mol. The second-order valence-corrected chi connectivity index (χ2v) is 13.3. The predicted octanol–water partition coefficient (Wildman–Crippen LogP) is 2.69. The van der Waals surface area contributed by atoms with Gasteiger partial charge in [-0.2, -0.15) is 14.1 Å². The monoisotopic (exact) mass is 333 g/mol. The summed E-state index contributed by atoms with van der Waals surface area (Å²) in [4.78, 5) is 0. The van der Waals surface area contributed by atoms with Crippen LogP contribution in [0.3, 0.4) is 0 Å². The molecule has 5 heteroatoms. The first-order valence-corrected chi connectivity index (χ1v) is 12.3. The van der Waals surface area contributed by atoms with Crippen LogP contribution in [0.1, 0.15) is 0 Å². The summed E-state index contributed by atoms with van der Waals surface area (Å²) in [5, 5.41) is 3.50. The molecule has 0 aliphatic heterocycles. The van der Waals surface area contributed by atoms with Crippen molar-refractivity contribution in [1.29, 1.82) is 0 Å². The standard InChI is InChI=1S/C2H6N.3ClH.W/c1-3-2;;;;/h1-2H3;3*1H;/q-1;;;;+3/p-3. The van der Waals surface area contributed by atoms with Gasteiger partial charge in [0.1, 0.15) is 0 Å². The van der Waals surface area contributed by atoms with Crippen molar-refractivity contribution in [3.8, 4) is 0 Å². The van der Waals surface area contributed by atoms with E-state index in [0.29, 0.717) is 0 Å². The number of hydrogen-bond acceptors (Lipinski definition) is 0. The van der Waals surface area contributed by atoms with Gasteiger partial charge in [-0.3, -0.25) is 0 Å². The average molecular weight is 334 g/mol. The van der Waals surface area contributed by atoms with Crippen LogP contribution in [0.5, 0.6) is 0 Å². The van der Waals surface area contributed by atoms with E-state index in [-0.39, 0.29) is 0 Å². The summed E-state index contributed by atoms with van der Waals surface area (Å²) in [5.74, 6) is 0. The van der Waals surface area contributed by atoms with Gasteiger partial charge in [-0.1, -0.05) is 0 Å². The molecule has 0 aromatic carbocycles. The van der Waals surface area contributed by atoms with Gasteiger partial charge in [0, 0.05) is 0 Å². The molecule has 0 atom stereocenters. The van der Waals surface area contributed by atoms with Crippen LogP contribution in [-0.2, 0) is 14.2 Å². The molecule has 0 rings (SSSR count). The van der Waals surface area contributed by atoms with Crippen molar-refractivity contribution in [2.45, 2.75) is 0 Å². The van der Waals surface area contributed by atoms with Crippen molar-refractivity contribution in [1.82, 2.24) is 0 Å². The molecule has 0 aliphatic carbocycles. The van der Waals surface area contributed by atoms with Crippen LogP contribution in [0.2, 0.25) is 0 Å². The van der Waals surface area contributed by atoms with Gasteiger partial charge in [-0.25, -0.2) is 0 Å². The zero-order valence-electron chi connectivity index (χ0n) is 3.99. The molecule has 0 N–H and O–H groups in total. The van der Waals surface area contributed by atoms with Crippen LogP contribution in [0, 0.1) is 0 Å². The Bertz CT molecular complexity index is 24.1. The van der Waals surface area contributed by atoms with Crippen LogP contribution < -0.4 is 0 Å². The maximum atomic E-state index is 5.00. The van der Waals surface area contributed by atoms with Gasteiger partial charge in [-0.05, 0) is 0 Å². The summed E-state index contributed by atoms with van der Waals surface area (Å²) >= 11 is -2.11. The van der Waals surface area contributed by atoms with Gasteiger partial charge in [0.2, 0.25) is 0 Å². The fourth-order valence-corrected chi connectivity index (χ4v) is 0. The maximum absolute atomic E-state index is 5.00. The normalized spacial score (nSPS) is 7.71. The Morgan fingerprint density at radius 3 is 1.14 bits per heavy atom. The van der Waals surface area contributed by atoms with Gasteiger partial charge >= 0.3 is 42.4 Å². The summed E-state index contributed by atoms with van der Waals surface area (Å²) < 4.78 is 0. The average Bonchev–Trinajstić information content (AvgIpc) is 1.33. The van der Waals surface area contributed by atoms with E-state index in [1.165, 1.54) is 0 Å². The summed E-state index contributed by atoms with van der Waals surface area (Å²) in [6, 6.07) is 0. The first kappa shape index (κ1) is 11.3. The Labute approximate surface area is 61.7 Å².